The molecule has 2 aliphatic rings. The van der Waals surface area contributed by atoms with E-state index in [0.717, 1.165) is 86.9 Å². The summed E-state index contributed by atoms with van der Waals surface area (Å²) in [6, 6.07) is 16.3. The summed E-state index contributed by atoms with van der Waals surface area (Å²) in [5.41, 5.74) is 5.61. The number of imidazole rings is 2. The number of carbonyl (C=O) groups is 1. The average molecular weight is 834 g/mol. The van der Waals surface area contributed by atoms with Crippen molar-refractivity contribution >= 4 is 40.6 Å². The molecule has 2 saturated heterocycles. The molecule has 2 aromatic carbocycles. The first-order valence-electron chi connectivity index (χ1n) is 20.6. The van der Waals surface area contributed by atoms with E-state index in [-0.39, 0.29) is 29.4 Å². The van der Waals surface area contributed by atoms with Crippen LogP contribution in [0, 0.1) is 25.5 Å². The first kappa shape index (κ1) is 42.6. The fourth-order valence-electron chi connectivity index (χ4n) is 7.65. The third-order valence-electron chi connectivity index (χ3n) is 10.7. The Labute approximate surface area is 354 Å². The van der Waals surface area contributed by atoms with Crippen LogP contribution in [0.1, 0.15) is 58.4 Å². The lowest BCUT2D eigenvalue weighted by molar-refractivity contribution is -0.129. The molecule has 6 aromatic rings. The zero-order valence-corrected chi connectivity index (χ0v) is 35.7. The van der Waals surface area contributed by atoms with Gasteiger partial charge < -0.3 is 39.2 Å². The summed E-state index contributed by atoms with van der Waals surface area (Å²) in [6.45, 7) is 19.9. The number of anilines is 6. The Morgan fingerprint density at radius 2 is 1.02 bits per heavy atom. The minimum atomic E-state index is -0.489. The van der Waals surface area contributed by atoms with Crippen molar-refractivity contribution in [2.24, 2.45) is 0 Å². The number of halogens is 2. The lowest BCUT2D eigenvalue weighted by Crippen LogP contribution is -2.48. The normalized spacial score (nSPS) is 14.3. The Balaban J connectivity index is 0.000000185. The van der Waals surface area contributed by atoms with Gasteiger partial charge in [-0.05, 0) is 90.1 Å². The molecule has 0 saturated carbocycles. The molecule has 0 atom stereocenters. The van der Waals surface area contributed by atoms with Gasteiger partial charge in [-0.1, -0.05) is 0 Å². The number of nitrogens with zero attached hydrogens (tertiary/aromatic N) is 11. The van der Waals surface area contributed by atoms with E-state index in [1.165, 1.54) is 12.4 Å². The highest BCUT2D eigenvalue weighted by Gasteiger charge is 2.21. The summed E-state index contributed by atoms with van der Waals surface area (Å²) in [4.78, 5) is 43.6. The first-order valence-corrected chi connectivity index (χ1v) is 20.6. The Kier molecular flexibility index (Phi) is 13.2. The smallest absolute Gasteiger partial charge is 0.227 e. The summed E-state index contributed by atoms with van der Waals surface area (Å²) in [5, 5.41) is 6.32. The van der Waals surface area contributed by atoms with E-state index in [1.54, 1.807) is 19.3 Å². The van der Waals surface area contributed by atoms with Crippen molar-refractivity contribution < 1.29 is 18.3 Å². The largest absolute Gasteiger partial charge is 0.378 e. The summed E-state index contributed by atoms with van der Waals surface area (Å²) < 4.78 is 38.4. The lowest BCUT2D eigenvalue weighted by atomic mass is 10.2. The summed E-state index contributed by atoms with van der Waals surface area (Å²) in [6.07, 6.45) is 5.67. The van der Waals surface area contributed by atoms with Crippen LogP contribution in [0.5, 0.6) is 0 Å². The SMILES string of the molecule is CC(=O)N1CCN(c2ccc(Nc3ncc(F)c(-c4cnc(C)n4C(C)C)n3)cc2)CC1.Cc1ncc(-c2nc(Nc3ccc(N4CCOCC4)cc3)ncc2F)n1C(C)C. The van der Waals surface area contributed by atoms with Gasteiger partial charge in [-0.15, -0.1) is 0 Å². The molecular formula is C44H53F2N13O2. The number of hydrogen-bond acceptors (Lipinski definition) is 12. The molecule has 17 heteroatoms. The molecule has 8 rings (SSSR count). The summed E-state index contributed by atoms with van der Waals surface area (Å²) in [7, 11) is 0. The van der Waals surface area contributed by atoms with Crippen LogP contribution < -0.4 is 20.4 Å². The van der Waals surface area contributed by atoms with Crippen LogP contribution in [-0.2, 0) is 9.53 Å². The van der Waals surface area contributed by atoms with Crippen LogP contribution >= 0.6 is 0 Å². The van der Waals surface area contributed by atoms with Gasteiger partial charge in [0, 0.05) is 81.0 Å². The van der Waals surface area contributed by atoms with Gasteiger partial charge in [-0.25, -0.2) is 38.7 Å². The summed E-state index contributed by atoms with van der Waals surface area (Å²) >= 11 is 0. The Morgan fingerprint density at radius 3 is 1.41 bits per heavy atom. The monoisotopic (exact) mass is 833 g/mol. The molecule has 0 bridgehead atoms. The molecule has 4 aromatic heterocycles. The molecule has 0 unspecified atom stereocenters. The number of amides is 1. The molecule has 0 radical (unpaired) electrons. The number of morpholine rings is 1. The van der Waals surface area contributed by atoms with E-state index in [4.69, 9.17) is 4.74 Å². The molecule has 2 N–H and O–H groups in total. The van der Waals surface area contributed by atoms with Crippen LogP contribution in [-0.4, -0.2) is 102 Å². The minimum absolute atomic E-state index is 0.120. The number of piperazine rings is 1. The average Bonchev–Trinajstić information content (AvgIpc) is 3.85. The van der Waals surface area contributed by atoms with E-state index in [1.807, 2.05) is 92.0 Å². The standard InChI is InChI=1S/C23H28FN7O.C21H25FN6O/c1-15(2)31-16(3)25-14-21(31)22-20(24)13-26-23(28-22)27-18-5-7-19(8-6-18)30-11-9-29(10-12-30)17(4)32;1-14(2)28-15(3)23-13-19(28)20-18(22)12-24-21(26-20)25-16-4-6-17(7-5-16)27-8-10-29-11-9-27/h5-8,13-15H,9-12H2,1-4H3,(H,26,27,28);4-7,12-14H,8-11H2,1-3H3,(H,24,25,26). The second-order valence-electron chi connectivity index (χ2n) is 15.5. The third kappa shape index (κ3) is 9.94. The van der Waals surface area contributed by atoms with Crippen LogP contribution in [0.2, 0.25) is 0 Å². The van der Waals surface area contributed by atoms with Gasteiger partial charge in [0.15, 0.2) is 11.6 Å². The maximum Gasteiger partial charge on any atom is 0.227 e. The first-order chi connectivity index (χ1) is 29.4. The highest BCUT2D eigenvalue weighted by Crippen LogP contribution is 2.29. The maximum atomic E-state index is 14.6. The number of nitrogens with one attached hydrogen (secondary N) is 2. The number of aromatic nitrogens is 8. The van der Waals surface area contributed by atoms with Crippen molar-refractivity contribution in [3.05, 3.63) is 96.6 Å². The van der Waals surface area contributed by atoms with Gasteiger partial charge in [0.2, 0.25) is 17.8 Å². The topological polar surface area (TPSA) is 147 Å². The fourth-order valence-corrected chi connectivity index (χ4v) is 7.65. The van der Waals surface area contributed by atoms with Crippen LogP contribution in [0.4, 0.5) is 43.4 Å². The highest BCUT2D eigenvalue weighted by molar-refractivity contribution is 5.73. The molecule has 61 heavy (non-hydrogen) atoms. The molecule has 1 amide bonds. The Hall–Kier alpha value is -6.49. The second kappa shape index (κ2) is 18.8. The Bertz CT molecular complexity index is 2420. The molecule has 6 heterocycles. The number of benzene rings is 2. The lowest BCUT2D eigenvalue weighted by Gasteiger charge is -2.35. The number of aryl methyl sites for hydroxylation is 2. The van der Waals surface area contributed by atoms with Crippen molar-refractivity contribution in [2.45, 2.75) is 60.5 Å². The van der Waals surface area contributed by atoms with Gasteiger partial charge in [0.1, 0.15) is 23.0 Å². The molecule has 2 aliphatic heterocycles. The van der Waals surface area contributed by atoms with Gasteiger partial charge in [-0.2, -0.15) is 0 Å². The van der Waals surface area contributed by atoms with Gasteiger partial charge in [0.05, 0.1) is 49.4 Å². The van der Waals surface area contributed by atoms with Gasteiger partial charge >= 0.3 is 0 Å². The number of hydrogen-bond donors (Lipinski definition) is 2. The Morgan fingerprint density at radius 1 is 0.607 bits per heavy atom. The van der Waals surface area contributed by atoms with Crippen molar-refractivity contribution in [1.29, 1.82) is 0 Å². The quantitative estimate of drug-likeness (QED) is 0.139. The molecule has 15 nitrogen and oxygen atoms in total. The number of ether oxygens (including phenoxy) is 1. The molecular weight excluding hydrogens is 781 g/mol. The van der Waals surface area contributed by atoms with E-state index < -0.39 is 11.6 Å². The van der Waals surface area contributed by atoms with E-state index in [0.29, 0.717) is 23.3 Å². The number of rotatable bonds is 10. The molecule has 0 aliphatic carbocycles. The zero-order valence-electron chi connectivity index (χ0n) is 35.7. The zero-order chi connectivity index (χ0) is 43.2. The molecule has 320 valence electrons. The van der Waals surface area contributed by atoms with E-state index in [2.05, 4.69) is 62.5 Å². The van der Waals surface area contributed by atoms with E-state index in [9.17, 15) is 13.6 Å². The van der Waals surface area contributed by atoms with Crippen molar-refractivity contribution in [3.8, 4) is 22.8 Å². The third-order valence-corrected chi connectivity index (χ3v) is 10.7. The van der Waals surface area contributed by atoms with Gasteiger partial charge in [-0.3, -0.25) is 4.79 Å². The van der Waals surface area contributed by atoms with E-state index >= 15 is 0 Å². The maximum absolute atomic E-state index is 14.6. The van der Waals surface area contributed by atoms with Gasteiger partial charge in [0.25, 0.3) is 0 Å². The van der Waals surface area contributed by atoms with Crippen molar-refractivity contribution in [3.63, 3.8) is 0 Å². The minimum Gasteiger partial charge on any atom is -0.378 e. The van der Waals surface area contributed by atoms with Crippen molar-refractivity contribution in [1.82, 2.24) is 43.9 Å². The summed E-state index contributed by atoms with van der Waals surface area (Å²) in [5.74, 6) is 1.45. The molecule has 2 fully saturated rings. The number of carbonyl (C=O) groups excluding carboxylic acids is 1. The predicted molar refractivity (Wildman–Crippen MR) is 234 cm³/mol. The van der Waals surface area contributed by atoms with Crippen LogP contribution in [0.15, 0.2) is 73.3 Å². The highest BCUT2D eigenvalue weighted by atomic mass is 19.1. The predicted octanol–water partition coefficient (Wildman–Crippen LogP) is 7.73. The van der Waals surface area contributed by atoms with Crippen LogP contribution in [0.25, 0.3) is 22.8 Å². The second-order valence-corrected chi connectivity index (χ2v) is 15.5. The fraction of sp³-hybridized carbons (Fsp3) is 0.386. The van der Waals surface area contributed by atoms with Crippen LogP contribution in [0.3, 0.4) is 0 Å². The van der Waals surface area contributed by atoms with Crippen molar-refractivity contribution in [2.75, 3.05) is 72.9 Å². The molecule has 0 spiro atoms.